The lowest BCUT2D eigenvalue weighted by Gasteiger charge is -2.10. The molecule has 1 saturated carbocycles. The van der Waals surface area contributed by atoms with Crippen molar-refractivity contribution in [2.75, 3.05) is 6.54 Å². The summed E-state index contributed by atoms with van der Waals surface area (Å²) in [6.07, 6.45) is 2.76. The Balaban J connectivity index is 1.50. The maximum Gasteiger partial charge on any atom is 0.343 e. The number of amides is 1. The minimum absolute atomic E-state index is 0.160. The molecule has 1 N–H and O–H groups in total. The average Bonchev–Trinajstić information content (AvgIpc) is 3.54. The Bertz CT molecular complexity index is 977. The van der Waals surface area contributed by atoms with E-state index >= 15 is 0 Å². The quantitative estimate of drug-likeness (QED) is 0.532. The van der Waals surface area contributed by atoms with E-state index in [1.54, 1.807) is 12.1 Å². The summed E-state index contributed by atoms with van der Waals surface area (Å²) in [6, 6.07) is 20.7. The zero-order valence-corrected chi connectivity index (χ0v) is 15.0. The van der Waals surface area contributed by atoms with Gasteiger partial charge >= 0.3 is 5.97 Å². The molecule has 0 bridgehead atoms. The Hall–Kier alpha value is -3.14. The van der Waals surface area contributed by atoms with Crippen LogP contribution in [0, 0.1) is 5.92 Å². The average molecular weight is 359 g/mol. The third-order valence-electron chi connectivity index (χ3n) is 4.81. The molecule has 0 radical (unpaired) electrons. The number of fused-ring (bicyclic) bond motifs is 1. The molecule has 1 fully saturated rings. The Labute approximate surface area is 158 Å². The number of carbonyl (C=O) groups excluding carboxylic acids is 2. The minimum atomic E-state index is -0.371. The molecule has 1 aliphatic carbocycles. The van der Waals surface area contributed by atoms with E-state index in [0.717, 1.165) is 35.6 Å². The van der Waals surface area contributed by atoms with Gasteiger partial charge in [-0.25, -0.2) is 4.79 Å². The highest BCUT2D eigenvalue weighted by Gasteiger charge is 2.29. The van der Waals surface area contributed by atoms with Gasteiger partial charge in [0.2, 0.25) is 5.91 Å². The van der Waals surface area contributed by atoms with Crippen molar-refractivity contribution >= 4 is 22.6 Å². The maximum absolute atomic E-state index is 12.3. The molecular formula is C23H21NO3. The van der Waals surface area contributed by atoms with Gasteiger partial charge in [0.05, 0.1) is 5.56 Å². The van der Waals surface area contributed by atoms with E-state index in [-0.39, 0.29) is 17.8 Å². The molecule has 136 valence electrons. The lowest BCUT2D eigenvalue weighted by atomic mass is 10.0. The highest BCUT2D eigenvalue weighted by Crippen LogP contribution is 2.29. The van der Waals surface area contributed by atoms with E-state index in [2.05, 4.69) is 11.4 Å². The third kappa shape index (κ3) is 4.17. The molecule has 3 aromatic carbocycles. The van der Waals surface area contributed by atoms with Crippen LogP contribution < -0.4 is 10.1 Å². The number of hydrogen-bond acceptors (Lipinski definition) is 3. The van der Waals surface area contributed by atoms with Crippen molar-refractivity contribution in [3.63, 3.8) is 0 Å². The maximum atomic E-state index is 12.3. The molecule has 1 amide bonds. The SMILES string of the molecule is O=C(Oc1ccc2cccc(CCNC(=O)C3CC3)c2c1)c1ccccc1. The second-order valence-electron chi connectivity index (χ2n) is 6.87. The fourth-order valence-electron chi connectivity index (χ4n) is 3.15. The minimum Gasteiger partial charge on any atom is -0.423 e. The van der Waals surface area contributed by atoms with Crippen LogP contribution in [0.25, 0.3) is 10.8 Å². The fourth-order valence-corrected chi connectivity index (χ4v) is 3.15. The molecule has 0 unspecified atom stereocenters. The Kier molecular flexibility index (Phi) is 4.88. The Morgan fingerprint density at radius 3 is 2.56 bits per heavy atom. The van der Waals surface area contributed by atoms with E-state index in [4.69, 9.17) is 4.74 Å². The van der Waals surface area contributed by atoms with Crippen LogP contribution in [0.15, 0.2) is 66.7 Å². The van der Waals surface area contributed by atoms with Crippen molar-refractivity contribution < 1.29 is 14.3 Å². The normalized spacial score (nSPS) is 13.3. The van der Waals surface area contributed by atoms with E-state index in [9.17, 15) is 9.59 Å². The van der Waals surface area contributed by atoms with Crippen LogP contribution in [-0.4, -0.2) is 18.4 Å². The summed E-state index contributed by atoms with van der Waals surface area (Å²) in [5.74, 6) is 0.532. The van der Waals surface area contributed by atoms with Gasteiger partial charge in [-0.1, -0.05) is 42.5 Å². The second-order valence-corrected chi connectivity index (χ2v) is 6.87. The Morgan fingerprint density at radius 2 is 1.78 bits per heavy atom. The largest absolute Gasteiger partial charge is 0.423 e. The van der Waals surface area contributed by atoms with Gasteiger partial charge in [0.25, 0.3) is 0 Å². The first kappa shape index (κ1) is 17.3. The van der Waals surface area contributed by atoms with Gasteiger partial charge in [-0.15, -0.1) is 0 Å². The van der Waals surface area contributed by atoms with Crippen LogP contribution in [0.1, 0.15) is 28.8 Å². The third-order valence-corrected chi connectivity index (χ3v) is 4.81. The molecule has 3 aromatic rings. The van der Waals surface area contributed by atoms with E-state index in [1.165, 1.54) is 0 Å². The fraction of sp³-hybridized carbons (Fsp3) is 0.217. The summed E-state index contributed by atoms with van der Waals surface area (Å²) in [4.78, 5) is 24.1. The monoisotopic (exact) mass is 359 g/mol. The van der Waals surface area contributed by atoms with Crippen LogP contribution >= 0.6 is 0 Å². The number of carbonyl (C=O) groups is 2. The molecule has 0 spiro atoms. The summed E-state index contributed by atoms with van der Waals surface area (Å²) >= 11 is 0. The lowest BCUT2D eigenvalue weighted by Crippen LogP contribution is -2.26. The second kappa shape index (κ2) is 7.62. The van der Waals surface area contributed by atoms with Crippen molar-refractivity contribution in [3.8, 4) is 5.75 Å². The van der Waals surface area contributed by atoms with E-state index in [1.807, 2.05) is 48.5 Å². The number of nitrogens with one attached hydrogen (secondary N) is 1. The van der Waals surface area contributed by atoms with Crippen molar-refractivity contribution in [1.29, 1.82) is 0 Å². The Morgan fingerprint density at radius 1 is 0.963 bits per heavy atom. The molecular weight excluding hydrogens is 338 g/mol. The predicted octanol–water partition coefficient (Wildman–Crippen LogP) is 4.13. The first-order chi connectivity index (χ1) is 13.2. The molecule has 0 saturated heterocycles. The summed E-state index contributed by atoms with van der Waals surface area (Å²) < 4.78 is 5.54. The van der Waals surface area contributed by atoms with Crippen molar-refractivity contribution in [2.24, 2.45) is 5.92 Å². The first-order valence-corrected chi connectivity index (χ1v) is 9.27. The smallest absolute Gasteiger partial charge is 0.343 e. The number of hydrogen-bond donors (Lipinski definition) is 1. The van der Waals surface area contributed by atoms with Crippen molar-refractivity contribution in [1.82, 2.24) is 5.32 Å². The lowest BCUT2D eigenvalue weighted by molar-refractivity contribution is -0.122. The zero-order valence-electron chi connectivity index (χ0n) is 15.0. The highest BCUT2D eigenvalue weighted by molar-refractivity contribution is 5.92. The van der Waals surface area contributed by atoms with Crippen LogP contribution in [-0.2, 0) is 11.2 Å². The molecule has 0 heterocycles. The molecule has 27 heavy (non-hydrogen) atoms. The number of esters is 1. The topological polar surface area (TPSA) is 55.4 Å². The van der Waals surface area contributed by atoms with Crippen LogP contribution in [0.4, 0.5) is 0 Å². The number of rotatable bonds is 6. The van der Waals surface area contributed by atoms with Crippen LogP contribution in [0.3, 0.4) is 0 Å². The van der Waals surface area contributed by atoms with Gasteiger partial charge in [-0.2, -0.15) is 0 Å². The number of ether oxygens (including phenoxy) is 1. The molecule has 1 aliphatic rings. The van der Waals surface area contributed by atoms with E-state index < -0.39 is 0 Å². The molecule has 0 aromatic heterocycles. The summed E-state index contributed by atoms with van der Waals surface area (Å²) in [7, 11) is 0. The summed E-state index contributed by atoms with van der Waals surface area (Å²) in [5, 5.41) is 5.12. The first-order valence-electron chi connectivity index (χ1n) is 9.27. The van der Waals surface area contributed by atoms with Crippen LogP contribution in [0.5, 0.6) is 5.75 Å². The zero-order chi connectivity index (χ0) is 18.6. The summed E-state index contributed by atoms with van der Waals surface area (Å²) in [5.41, 5.74) is 1.65. The number of benzene rings is 3. The van der Waals surface area contributed by atoms with Gasteiger partial charge < -0.3 is 10.1 Å². The molecule has 0 aliphatic heterocycles. The standard InChI is InChI=1S/C23H21NO3/c25-22(18-9-10-18)24-14-13-17-8-4-7-16-11-12-20(15-21(16)17)27-23(26)19-5-2-1-3-6-19/h1-8,11-12,15,18H,9-10,13-14H2,(H,24,25). The van der Waals surface area contributed by atoms with Crippen LogP contribution in [0.2, 0.25) is 0 Å². The molecule has 4 nitrogen and oxygen atoms in total. The van der Waals surface area contributed by atoms with Gasteiger partial charge in [-0.05, 0) is 59.9 Å². The van der Waals surface area contributed by atoms with Crippen molar-refractivity contribution in [3.05, 3.63) is 77.9 Å². The van der Waals surface area contributed by atoms with Gasteiger partial charge in [-0.3, -0.25) is 4.79 Å². The van der Waals surface area contributed by atoms with Crippen molar-refractivity contribution in [2.45, 2.75) is 19.3 Å². The highest BCUT2D eigenvalue weighted by atomic mass is 16.5. The molecule has 4 heteroatoms. The van der Waals surface area contributed by atoms with Gasteiger partial charge in [0, 0.05) is 12.5 Å². The van der Waals surface area contributed by atoms with Gasteiger partial charge in [0.15, 0.2) is 0 Å². The molecule has 0 atom stereocenters. The van der Waals surface area contributed by atoms with Gasteiger partial charge in [0.1, 0.15) is 5.75 Å². The summed E-state index contributed by atoms with van der Waals surface area (Å²) in [6.45, 7) is 0.614. The molecule has 4 rings (SSSR count). The predicted molar refractivity (Wildman–Crippen MR) is 105 cm³/mol. The van der Waals surface area contributed by atoms with E-state index in [0.29, 0.717) is 17.9 Å².